The first-order valence-corrected chi connectivity index (χ1v) is 7.89. The summed E-state index contributed by atoms with van der Waals surface area (Å²) in [6.07, 6.45) is 5.72. The number of ether oxygens (including phenoxy) is 1. The predicted octanol–water partition coefficient (Wildman–Crippen LogP) is 1.23. The highest BCUT2D eigenvalue weighted by Crippen LogP contribution is 2.13. The molecular formula is C16H21N3O3. The summed E-state index contributed by atoms with van der Waals surface area (Å²) in [6.45, 7) is 2.83. The van der Waals surface area contributed by atoms with Gasteiger partial charge in [0.2, 0.25) is 0 Å². The van der Waals surface area contributed by atoms with Gasteiger partial charge in [-0.05, 0) is 37.8 Å². The third-order valence-electron chi connectivity index (χ3n) is 4.15. The van der Waals surface area contributed by atoms with E-state index in [1.807, 2.05) is 0 Å². The van der Waals surface area contributed by atoms with Crippen molar-refractivity contribution in [3.8, 4) is 0 Å². The fourth-order valence-electron chi connectivity index (χ4n) is 2.88. The maximum atomic E-state index is 12.3. The van der Waals surface area contributed by atoms with Crippen molar-refractivity contribution in [1.29, 1.82) is 0 Å². The molecule has 2 saturated heterocycles. The van der Waals surface area contributed by atoms with Gasteiger partial charge in [-0.3, -0.25) is 14.6 Å². The lowest BCUT2D eigenvalue weighted by Gasteiger charge is -2.15. The molecule has 0 saturated carbocycles. The number of likely N-dealkylation sites (tertiary alicyclic amines) is 1. The van der Waals surface area contributed by atoms with Gasteiger partial charge in [-0.2, -0.15) is 0 Å². The van der Waals surface area contributed by atoms with Gasteiger partial charge in [0, 0.05) is 38.0 Å². The van der Waals surface area contributed by atoms with Crippen LogP contribution in [0.3, 0.4) is 0 Å². The first kappa shape index (κ1) is 15.0. The van der Waals surface area contributed by atoms with E-state index in [0.29, 0.717) is 17.8 Å². The van der Waals surface area contributed by atoms with Crippen molar-refractivity contribution in [1.82, 2.24) is 15.2 Å². The van der Waals surface area contributed by atoms with Gasteiger partial charge in [-0.25, -0.2) is 0 Å². The van der Waals surface area contributed by atoms with Crippen molar-refractivity contribution in [2.75, 3.05) is 26.2 Å². The third-order valence-corrected chi connectivity index (χ3v) is 4.15. The summed E-state index contributed by atoms with van der Waals surface area (Å²) < 4.78 is 5.48. The molecule has 1 atom stereocenters. The number of aromatic nitrogens is 1. The molecule has 1 aromatic rings. The van der Waals surface area contributed by atoms with Crippen LogP contribution in [-0.2, 0) is 4.74 Å². The van der Waals surface area contributed by atoms with Gasteiger partial charge >= 0.3 is 0 Å². The van der Waals surface area contributed by atoms with Crippen molar-refractivity contribution in [2.24, 2.45) is 0 Å². The number of hydrogen-bond donors (Lipinski definition) is 1. The topological polar surface area (TPSA) is 71.5 Å². The van der Waals surface area contributed by atoms with Crippen LogP contribution in [0.2, 0.25) is 0 Å². The average molecular weight is 303 g/mol. The van der Waals surface area contributed by atoms with Crippen LogP contribution < -0.4 is 5.32 Å². The van der Waals surface area contributed by atoms with Crippen LogP contribution >= 0.6 is 0 Å². The van der Waals surface area contributed by atoms with Crippen LogP contribution in [0, 0.1) is 0 Å². The number of carbonyl (C=O) groups excluding carboxylic acids is 2. The fourth-order valence-corrected chi connectivity index (χ4v) is 2.88. The Bertz CT molecular complexity index is 549. The molecule has 22 heavy (non-hydrogen) atoms. The Hall–Kier alpha value is -1.95. The second kappa shape index (κ2) is 6.87. The number of pyridine rings is 1. The van der Waals surface area contributed by atoms with E-state index < -0.39 is 0 Å². The summed E-state index contributed by atoms with van der Waals surface area (Å²) >= 11 is 0. The summed E-state index contributed by atoms with van der Waals surface area (Å²) in [7, 11) is 0. The molecular weight excluding hydrogens is 282 g/mol. The Balaban J connectivity index is 1.62. The maximum absolute atomic E-state index is 12.3. The third kappa shape index (κ3) is 3.44. The van der Waals surface area contributed by atoms with E-state index in [2.05, 4.69) is 10.3 Å². The summed E-state index contributed by atoms with van der Waals surface area (Å²) in [4.78, 5) is 30.4. The molecule has 0 bridgehead atoms. The van der Waals surface area contributed by atoms with Crippen LogP contribution in [0.1, 0.15) is 46.5 Å². The summed E-state index contributed by atoms with van der Waals surface area (Å²) in [5, 5.41) is 2.86. The van der Waals surface area contributed by atoms with Crippen molar-refractivity contribution in [2.45, 2.75) is 31.8 Å². The number of nitrogens with one attached hydrogen (secondary N) is 1. The minimum Gasteiger partial charge on any atom is -0.376 e. The Kier molecular flexibility index (Phi) is 4.68. The molecule has 3 heterocycles. The first-order chi connectivity index (χ1) is 10.7. The molecule has 0 aliphatic carbocycles. The molecule has 2 amide bonds. The second-order valence-corrected chi connectivity index (χ2v) is 5.77. The monoisotopic (exact) mass is 303 g/mol. The van der Waals surface area contributed by atoms with Gasteiger partial charge in [0.15, 0.2) is 0 Å². The maximum Gasteiger partial charge on any atom is 0.272 e. The molecule has 3 rings (SSSR count). The number of amides is 2. The molecule has 6 heteroatoms. The zero-order valence-electron chi connectivity index (χ0n) is 12.6. The van der Waals surface area contributed by atoms with E-state index in [-0.39, 0.29) is 17.9 Å². The van der Waals surface area contributed by atoms with Crippen molar-refractivity contribution < 1.29 is 14.3 Å². The highest BCUT2D eigenvalue weighted by molar-refractivity contribution is 5.98. The number of rotatable bonds is 4. The standard InChI is InChI=1S/C16H21N3O3/c20-15(18-11-13-4-3-9-22-13)12-5-6-17-14(10-12)16(21)19-7-1-2-8-19/h5-6,10,13H,1-4,7-9,11H2,(H,18,20). The van der Waals surface area contributed by atoms with Crippen molar-refractivity contribution >= 4 is 11.8 Å². The van der Waals surface area contributed by atoms with E-state index in [1.165, 1.54) is 6.20 Å². The minimum absolute atomic E-state index is 0.0914. The summed E-state index contributed by atoms with van der Waals surface area (Å²) in [5.41, 5.74) is 0.808. The summed E-state index contributed by atoms with van der Waals surface area (Å²) in [6, 6.07) is 3.21. The quantitative estimate of drug-likeness (QED) is 0.908. The van der Waals surface area contributed by atoms with Crippen LogP contribution in [0.15, 0.2) is 18.3 Å². The van der Waals surface area contributed by atoms with Gasteiger partial charge in [-0.15, -0.1) is 0 Å². The van der Waals surface area contributed by atoms with E-state index in [4.69, 9.17) is 4.74 Å². The van der Waals surface area contributed by atoms with Crippen molar-refractivity contribution in [3.63, 3.8) is 0 Å². The largest absolute Gasteiger partial charge is 0.376 e. The summed E-state index contributed by atoms with van der Waals surface area (Å²) in [5.74, 6) is -0.278. The lowest BCUT2D eigenvalue weighted by atomic mass is 10.2. The zero-order chi connectivity index (χ0) is 15.4. The lowest BCUT2D eigenvalue weighted by Crippen LogP contribution is -2.32. The van der Waals surface area contributed by atoms with E-state index in [9.17, 15) is 9.59 Å². The van der Waals surface area contributed by atoms with Gasteiger partial charge in [0.05, 0.1) is 6.10 Å². The van der Waals surface area contributed by atoms with Crippen LogP contribution in [0.25, 0.3) is 0 Å². The van der Waals surface area contributed by atoms with Gasteiger partial charge in [-0.1, -0.05) is 0 Å². The Morgan fingerprint density at radius 1 is 1.32 bits per heavy atom. The molecule has 1 aromatic heterocycles. The molecule has 118 valence electrons. The Morgan fingerprint density at radius 2 is 2.14 bits per heavy atom. The van der Waals surface area contributed by atoms with Crippen LogP contribution in [0.5, 0.6) is 0 Å². The molecule has 2 aliphatic heterocycles. The zero-order valence-corrected chi connectivity index (χ0v) is 12.6. The number of hydrogen-bond acceptors (Lipinski definition) is 4. The van der Waals surface area contributed by atoms with Gasteiger partial charge < -0.3 is 15.0 Å². The normalized spacial score (nSPS) is 21.1. The first-order valence-electron chi connectivity index (χ1n) is 7.89. The number of carbonyl (C=O) groups is 2. The highest BCUT2D eigenvalue weighted by Gasteiger charge is 2.22. The lowest BCUT2D eigenvalue weighted by molar-refractivity contribution is 0.0787. The van der Waals surface area contributed by atoms with Gasteiger partial charge in [0.1, 0.15) is 5.69 Å². The van der Waals surface area contributed by atoms with Crippen LogP contribution in [-0.4, -0.2) is 54.0 Å². The molecule has 6 nitrogen and oxygen atoms in total. The highest BCUT2D eigenvalue weighted by atomic mass is 16.5. The SMILES string of the molecule is O=C(NCC1CCCO1)c1ccnc(C(=O)N2CCCC2)c1. The Morgan fingerprint density at radius 3 is 2.86 bits per heavy atom. The molecule has 1 N–H and O–H groups in total. The second-order valence-electron chi connectivity index (χ2n) is 5.77. The predicted molar refractivity (Wildman–Crippen MR) is 80.7 cm³/mol. The van der Waals surface area contributed by atoms with E-state index in [1.54, 1.807) is 17.0 Å². The molecule has 2 fully saturated rings. The van der Waals surface area contributed by atoms with Crippen LogP contribution in [0.4, 0.5) is 0 Å². The average Bonchev–Trinajstić information content (AvgIpc) is 3.25. The molecule has 0 radical (unpaired) electrons. The number of nitrogens with zero attached hydrogens (tertiary/aromatic N) is 2. The smallest absolute Gasteiger partial charge is 0.272 e. The van der Waals surface area contributed by atoms with Crippen molar-refractivity contribution in [3.05, 3.63) is 29.6 Å². The van der Waals surface area contributed by atoms with E-state index in [0.717, 1.165) is 45.4 Å². The molecule has 1 unspecified atom stereocenters. The van der Waals surface area contributed by atoms with E-state index >= 15 is 0 Å². The fraction of sp³-hybridized carbons (Fsp3) is 0.562. The molecule has 0 spiro atoms. The Labute approximate surface area is 129 Å². The molecule has 0 aromatic carbocycles. The molecule has 2 aliphatic rings. The minimum atomic E-state index is -0.187. The van der Waals surface area contributed by atoms with Gasteiger partial charge in [0.25, 0.3) is 11.8 Å².